The van der Waals surface area contributed by atoms with Crippen LogP contribution in [0.4, 0.5) is 23.7 Å². The van der Waals surface area contributed by atoms with E-state index in [-0.39, 0.29) is 12.2 Å². The quantitative estimate of drug-likeness (QED) is 0.836. The number of carbonyl (C=O) groups excluding carboxylic acids is 2. The average Bonchev–Trinajstić information content (AvgIpc) is 2.91. The largest absolute Gasteiger partial charge is 0.469 e. The van der Waals surface area contributed by atoms with Crippen molar-refractivity contribution in [3.8, 4) is 0 Å². The standard InChI is InChI=1S/C16H19F3N2O3/c1-10-4-5-11(16(17,18)19)8-12(10)20-14(23)21-7-6-15(2,9-21)13(22)24-3/h4-5,8H,6-7,9H2,1-3H3,(H,20,23)/t15-/m0/s1. The zero-order valence-electron chi connectivity index (χ0n) is 13.7. The zero-order valence-corrected chi connectivity index (χ0v) is 13.7. The minimum atomic E-state index is -4.48. The summed E-state index contributed by atoms with van der Waals surface area (Å²) in [6.45, 7) is 3.79. The van der Waals surface area contributed by atoms with E-state index in [1.54, 1.807) is 13.8 Å². The van der Waals surface area contributed by atoms with Gasteiger partial charge in [0.2, 0.25) is 0 Å². The first-order valence-electron chi connectivity index (χ1n) is 7.39. The van der Waals surface area contributed by atoms with Crippen LogP contribution in [0.2, 0.25) is 0 Å². The molecule has 2 amide bonds. The maximum atomic E-state index is 12.8. The summed E-state index contributed by atoms with van der Waals surface area (Å²) in [6, 6.07) is 2.64. The van der Waals surface area contributed by atoms with Gasteiger partial charge in [-0.15, -0.1) is 0 Å². The van der Waals surface area contributed by atoms with E-state index in [9.17, 15) is 22.8 Å². The van der Waals surface area contributed by atoms with Crippen LogP contribution in [0, 0.1) is 12.3 Å². The number of urea groups is 1. The van der Waals surface area contributed by atoms with Gasteiger partial charge in [-0.1, -0.05) is 6.07 Å². The van der Waals surface area contributed by atoms with Gasteiger partial charge in [0.15, 0.2) is 0 Å². The van der Waals surface area contributed by atoms with Crippen LogP contribution in [-0.2, 0) is 15.7 Å². The highest BCUT2D eigenvalue weighted by molar-refractivity contribution is 5.91. The molecule has 1 aliphatic rings. The molecule has 1 heterocycles. The predicted octanol–water partition coefficient (Wildman–Crippen LogP) is 3.43. The summed E-state index contributed by atoms with van der Waals surface area (Å²) in [5.74, 6) is -0.409. The summed E-state index contributed by atoms with van der Waals surface area (Å²) in [5, 5.41) is 2.49. The predicted molar refractivity (Wildman–Crippen MR) is 81.5 cm³/mol. The Morgan fingerprint density at radius 1 is 1.33 bits per heavy atom. The van der Waals surface area contributed by atoms with Crippen LogP contribution in [0.1, 0.15) is 24.5 Å². The van der Waals surface area contributed by atoms with Crippen molar-refractivity contribution in [2.75, 3.05) is 25.5 Å². The molecule has 1 N–H and O–H groups in total. The summed E-state index contributed by atoms with van der Waals surface area (Å²) < 4.78 is 43.1. The molecular weight excluding hydrogens is 325 g/mol. The van der Waals surface area contributed by atoms with Gasteiger partial charge in [0.25, 0.3) is 0 Å². The molecule has 0 spiro atoms. The minimum absolute atomic E-state index is 0.0986. The van der Waals surface area contributed by atoms with Gasteiger partial charge in [-0.25, -0.2) is 4.79 Å². The van der Waals surface area contributed by atoms with Gasteiger partial charge in [-0.3, -0.25) is 4.79 Å². The fourth-order valence-corrected chi connectivity index (χ4v) is 2.67. The van der Waals surface area contributed by atoms with E-state index in [1.807, 2.05) is 0 Å². The van der Waals surface area contributed by atoms with Gasteiger partial charge in [-0.05, 0) is 38.0 Å². The fourth-order valence-electron chi connectivity index (χ4n) is 2.67. The first-order chi connectivity index (χ1) is 11.1. The number of benzene rings is 1. The SMILES string of the molecule is COC(=O)[C@@]1(C)CCN(C(=O)Nc2cc(C(F)(F)F)ccc2C)C1. The van der Waals surface area contributed by atoms with E-state index in [1.165, 1.54) is 18.1 Å². The van der Waals surface area contributed by atoms with Gasteiger partial charge in [0, 0.05) is 18.8 Å². The Kier molecular flexibility index (Phi) is 4.77. The number of hydrogen-bond donors (Lipinski definition) is 1. The number of nitrogens with one attached hydrogen (secondary N) is 1. The number of esters is 1. The number of anilines is 1. The molecule has 132 valence electrons. The van der Waals surface area contributed by atoms with E-state index < -0.39 is 29.2 Å². The Balaban J connectivity index is 2.12. The molecule has 1 aliphatic heterocycles. The van der Waals surface area contributed by atoms with E-state index >= 15 is 0 Å². The molecule has 5 nitrogen and oxygen atoms in total. The van der Waals surface area contributed by atoms with Gasteiger partial charge in [0.1, 0.15) is 0 Å². The van der Waals surface area contributed by atoms with Crippen LogP contribution >= 0.6 is 0 Å². The second-order valence-corrected chi connectivity index (χ2v) is 6.18. The molecule has 2 rings (SSSR count). The van der Waals surface area contributed by atoms with Gasteiger partial charge < -0.3 is 15.0 Å². The maximum Gasteiger partial charge on any atom is 0.416 e. The Labute approximate surface area is 137 Å². The Morgan fingerprint density at radius 3 is 2.58 bits per heavy atom. The van der Waals surface area contributed by atoms with E-state index in [4.69, 9.17) is 4.74 Å². The molecular formula is C16H19F3N2O3. The zero-order chi connectivity index (χ0) is 18.1. The van der Waals surface area contributed by atoms with Crippen molar-refractivity contribution < 1.29 is 27.5 Å². The molecule has 0 aliphatic carbocycles. The molecule has 0 unspecified atom stereocenters. The molecule has 8 heteroatoms. The lowest BCUT2D eigenvalue weighted by Gasteiger charge is -2.22. The first kappa shape index (κ1) is 18.1. The summed E-state index contributed by atoms with van der Waals surface area (Å²) in [6.07, 6.45) is -4.04. The maximum absolute atomic E-state index is 12.8. The van der Waals surface area contributed by atoms with E-state index in [0.717, 1.165) is 12.1 Å². The van der Waals surface area contributed by atoms with Crippen molar-refractivity contribution in [3.63, 3.8) is 0 Å². The van der Waals surface area contributed by atoms with Crippen LogP contribution in [0.15, 0.2) is 18.2 Å². The minimum Gasteiger partial charge on any atom is -0.469 e. The molecule has 1 aromatic rings. The van der Waals surface area contributed by atoms with Crippen molar-refractivity contribution in [2.45, 2.75) is 26.4 Å². The van der Waals surface area contributed by atoms with Gasteiger partial charge in [-0.2, -0.15) is 13.2 Å². The molecule has 1 atom stereocenters. The second kappa shape index (κ2) is 6.33. The molecule has 1 aromatic carbocycles. The second-order valence-electron chi connectivity index (χ2n) is 6.18. The molecule has 0 aromatic heterocycles. The van der Waals surface area contributed by atoms with Crippen molar-refractivity contribution in [1.29, 1.82) is 0 Å². The molecule has 24 heavy (non-hydrogen) atoms. The van der Waals surface area contributed by atoms with Crippen LogP contribution < -0.4 is 5.32 Å². The van der Waals surface area contributed by atoms with Crippen LogP contribution in [0.25, 0.3) is 0 Å². The number of amides is 2. The number of alkyl halides is 3. The van der Waals surface area contributed by atoms with Crippen LogP contribution in [0.3, 0.4) is 0 Å². The highest BCUT2D eigenvalue weighted by Gasteiger charge is 2.43. The molecule has 0 radical (unpaired) electrons. The molecule has 0 bridgehead atoms. The van der Waals surface area contributed by atoms with Crippen molar-refractivity contribution in [2.24, 2.45) is 5.41 Å². The third-order valence-corrected chi connectivity index (χ3v) is 4.25. The number of halogens is 3. The van der Waals surface area contributed by atoms with E-state index in [2.05, 4.69) is 5.32 Å². The summed E-state index contributed by atoms with van der Waals surface area (Å²) >= 11 is 0. The van der Waals surface area contributed by atoms with Crippen molar-refractivity contribution in [3.05, 3.63) is 29.3 Å². The fraction of sp³-hybridized carbons (Fsp3) is 0.500. The van der Waals surface area contributed by atoms with Gasteiger partial charge >= 0.3 is 18.2 Å². The first-order valence-corrected chi connectivity index (χ1v) is 7.39. The van der Waals surface area contributed by atoms with Crippen molar-refractivity contribution in [1.82, 2.24) is 4.90 Å². The number of nitrogens with zero attached hydrogens (tertiary/aromatic N) is 1. The number of hydrogen-bond acceptors (Lipinski definition) is 3. The monoisotopic (exact) mass is 344 g/mol. The van der Waals surface area contributed by atoms with Crippen LogP contribution in [0.5, 0.6) is 0 Å². The lowest BCUT2D eigenvalue weighted by Crippen LogP contribution is -2.37. The summed E-state index contributed by atoms with van der Waals surface area (Å²) in [5.41, 5.74) is -1.01. The number of carbonyl (C=O) groups is 2. The molecule has 1 saturated heterocycles. The highest BCUT2D eigenvalue weighted by Crippen LogP contribution is 2.34. The lowest BCUT2D eigenvalue weighted by atomic mass is 9.90. The van der Waals surface area contributed by atoms with Crippen molar-refractivity contribution >= 4 is 17.7 Å². The third-order valence-electron chi connectivity index (χ3n) is 4.25. The molecule has 0 saturated carbocycles. The normalized spacial score (nSPS) is 20.8. The number of likely N-dealkylation sites (tertiary alicyclic amines) is 1. The number of rotatable bonds is 2. The van der Waals surface area contributed by atoms with Gasteiger partial charge in [0.05, 0.1) is 18.1 Å². The Hall–Kier alpha value is -2.25. The Bertz CT molecular complexity index is 660. The van der Waals surface area contributed by atoms with Crippen LogP contribution in [-0.4, -0.2) is 37.1 Å². The summed E-state index contributed by atoms with van der Waals surface area (Å²) in [7, 11) is 1.28. The number of ether oxygens (including phenoxy) is 1. The number of aryl methyl sites for hydroxylation is 1. The lowest BCUT2D eigenvalue weighted by molar-refractivity contribution is -0.150. The summed E-state index contributed by atoms with van der Waals surface area (Å²) in [4.78, 5) is 25.5. The number of methoxy groups -OCH3 is 1. The Morgan fingerprint density at radius 2 is 2.00 bits per heavy atom. The highest BCUT2D eigenvalue weighted by atomic mass is 19.4. The average molecular weight is 344 g/mol. The van der Waals surface area contributed by atoms with E-state index in [0.29, 0.717) is 18.5 Å². The topological polar surface area (TPSA) is 58.6 Å². The third kappa shape index (κ3) is 3.63. The smallest absolute Gasteiger partial charge is 0.416 e. The molecule has 1 fully saturated rings.